The molecule has 14 heteroatoms. The van der Waals surface area contributed by atoms with Crippen molar-refractivity contribution in [1.82, 2.24) is 0 Å². The number of hydrogen-bond donors (Lipinski definition) is 0. The first-order valence-electron chi connectivity index (χ1n) is 42.8. The Balaban J connectivity index is 1.80. The lowest BCUT2D eigenvalue weighted by atomic mass is 10.0. The maximum atomic E-state index is 12.2. The smallest absolute Gasteiger partial charge is 0.186 e. The standard InChI is InChI=1S/C98H134O10S4/c1-11-17-23-29-35-41-55-103-93-69-89(95(105-57-43-37-31-25-19-13-3)67-87(93)49-47-81-61-83(73-109-77(7)99)65-84(62-81)74-110-78(8)100)51-53-91-71-98(108-60-46-40-34-28-22-16-6)92(72-97(91)107-59-45-39-33-27-21-15-5)54-52-90-70-94(104-56-42-36-30-24-18-12-2)88(68-96(90)106-58-44-38-32-26-20-14-4)50-48-82-63-85(75-111-79(9)101)66-86(64-82)76-112-80(10)102/h61-72H,11-46,55-60,73-76H2,1-10H3. The van der Waals surface area contributed by atoms with E-state index in [0.717, 1.165) is 149 Å². The molecule has 0 amide bonds. The number of unbranched alkanes of at least 4 members (excludes halogenated alkanes) is 30. The molecule has 0 aromatic heterocycles. The molecule has 0 saturated heterocycles. The molecule has 0 atom stereocenters. The molecule has 0 N–H and O–H groups in total. The zero-order chi connectivity index (χ0) is 80.4. The summed E-state index contributed by atoms with van der Waals surface area (Å²) < 4.78 is 41.2. The summed E-state index contributed by atoms with van der Waals surface area (Å²) >= 11 is 5.04. The molecule has 112 heavy (non-hydrogen) atoms. The summed E-state index contributed by atoms with van der Waals surface area (Å²) in [6.45, 7) is 22.8. The van der Waals surface area contributed by atoms with Crippen molar-refractivity contribution in [1.29, 1.82) is 0 Å². The van der Waals surface area contributed by atoms with Gasteiger partial charge in [-0.1, -0.05) is 341 Å². The highest BCUT2D eigenvalue weighted by Gasteiger charge is 2.18. The summed E-state index contributed by atoms with van der Waals surface area (Å²) in [4.78, 5) is 48.8. The highest BCUT2D eigenvalue weighted by molar-refractivity contribution is 8.13. The third-order valence-electron chi connectivity index (χ3n) is 19.0. The summed E-state index contributed by atoms with van der Waals surface area (Å²) in [5, 5.41) is 0.154. The molecule has 5 aromatic rings. The van der Waals surface area contributed by atoms with Gasteiger partial charge in [-0.3, -0.25) is 19.2 Å². The van der Waals surface area contributed by atoms with E-state index in [-0.39, 0.29) is 20.5 Å². The van der Waals surface area contributed by atoms with Gasteiger partial charge in [0.2, 0.25) is 0 Å². The predicted molar refractivity (Wildman–Crippen MR) is 477 cm³/mol. The Hall–Kier alpha value is -6.78. The van der Waals surface area contributed by atoms with Crippen LogP contribution in [-0.4, -0.2) is 60.1 Å². The molecule has 0 aliphatic rings. The first-order valence-corrected chi connectivity index (χ1v) is 46.8. The quantitative estimate of drug-likeness (QED) is 0.0271. The van der Waals surface area contributed by atoms with E-state index in [1.54, 1.807) is 27.7 Å². The summed E-state index contributed by atoms with van der Waals surface area (Å²) in [5.74, 6) is 34.2. The predicted octanol–water partition coefficient (Wildman–Crippen LogP) is 26.8. The number of rotatable bonds is 56. The van der Waals surface area contributed by atoms with Gasteiger partial charge in [0, 0.05) is 98.2 Å². The van der Waals surface area contributed by atoms with Crippen molar-refractivity contribution in [2.24, 2.45) is 0 Å². The molecule has 5 rings (SSSR count). The lowest BCUT2D eigenvalue weighted by Gasteiger charge is -2.15. The van der Waals surface area contributed by atoms with E-state index in [2.05, 4.69) is 101 Å². The van der Waals surface area contributed by atoms with Crippen LogP contribution in [0, 0.1) is 47.4 Å². The number of hydrogen-bond acceptors (Lipinski definition) is 14. The normalized spacial score (nSPS) is 10.8. The molecule has 0 aliphatic heterocycles. The number of ether oxygens (including phenoxy) is 6. The van der Waals surface area contributed by atoms with Crippen molar-refractivity contribution < 1.29 is 47.6 Å². The Morgan fingerprint density at radius 1 is 0.223 bits per heavy atom. The van der Waals surface area contributed by atoms with Crippen molar-refractivity contribution >= 4 is 67.5 Å². The van der Waals surface area contributed by atoms with Gasteiger partial charge in [0.25, 0.3) is 0 Å². The minimum Gasteiger partial charge on any atom is -0.492 e. The number of carbonyl (C=O) groups is 4. The third-order valence-corrected chi connectivity index (χ3v) is 22.5. The van der Waals surface area contributed by atoms with Crippen LogP contribution >= 0.6 is 47.0 Å². The van der Waals surface area contributed by atoms with E-state index in [1.165, 1.54) is 163 Å². The second kappa shape index (κ2) is 60.7. The monoisotopic (exact) mass is 1600 g/mol. The molecule has 0 bridgehead atoms. The second-order valence-corrected chi connectivity index (χ2v) is 34.0. The largest absolute Gasteiger partial charge is 0.492 e. The van der Waals surface area contributed by atoms with E-state index in [9.17, 15) is 19.2 Å². The Labute approximate surface area is 694 Å². The SMILES string of the molecule is CCCCCCCCOc1cc(C#Cc2cc(OCCCCCCCC)c(C#Cc3cc(OCCCCCCCC)c(C#Cc4cc(CSC(C)=O)cc(CSC(C)=O)c4)cc3OCCCCCCCC)cc2OCCCCCCCC)c(OCCCCCCCC)cc1C#Cc1cc(CSC(C)=O)cc(CSC(C)=O)c1. The average Bonchev–Trinajstić information content (AvgIpc) is 0.810. The highest BCUT2D eigenvalue weighted by atomic mass is 32.2. The molecule has 0 spiro atoms. The Bertz CT molecular complexity index is 3540. The van der Waals surface area contributed by atoms with Gasteiger partial charge in [0.15, 0.2) is 20.5 Å². The second-order valence-electron chi connectivity index (χ2n) is 29.4. The molecule has 610 valence electrons. The van der Waals surface area contributed by atoms with E-state index < -0.39 is 0 Å². The van der Waals surface area contributed by atoms with Gasteiger partial charge in [-0.15, -0.1) is 0 Å². The van der Waals surface area contributed by atoms with Crippen LogP contribution in [0.2, 0.25) is 0 Å². The molecule has 0 aliphatic carbocycles. The molecule has 0 heterocycles. The number of benzene rings is 5. The van der Waals surface area contributed by atoms with Gasteiger partial charge >= 0.3 is 0 Å². The van der Waals surface area contributed by atoms with Gasteiger partial charge in [0.05, 0.1) is 73.0 Å². The molecule has 10 nitrogen and oxygen atoms in total. The highest BCUT2D eigenvalue weighted by Crippen LogP contribution is 2.35. The third kappa shape index (κ3) is 42.5. The molecule has 0 radical (unpaired) electrons. The van der Waals surface area contributed by atoms with E-state index >= 15 is 0 Å². The van der Waals surface area contributed by atoms with Crippen LogP contribution in [0.5, 0.6) is 34.5 Å². The number of carbonyl (C=O) groups excluding carboxylic acids is 4. The van der Waals surface area contributed by atoms with Crippen molar-refractivity contribution in [3.8, 4) is 81.9 Å². The molecule has 5 aromatic carbocycles. The van der Waals surface area contributed by atoms with Crippen molar-refractivity contribution in [2.75, 3.05) is 39.6 Å². The van der Waals surface area contributed by atoms with Crippen LogP contribution in [0.4, 0.5) is 0 Å². The van der Waals surface area contributed by atoms with Crippen molar-refractivity contribution in [3.05, 3.63) is 140 Å². The summed E-state index contributed by atoms with van der Waals surface area (Å²) in [7, 11) is 0. The van der Waals surface area contributed by atoms with Crippen LogP contribution in [0.15, 0.2) is 72.8 Å². The van der Waals surface area contributed by atoms with Gasteiger partial charge < -0.3 is 28.4 Å². The van der Waals surface area contributed by atoms with Crippen LogP contribution in [0.3, 0.4) is 0 Å². The fourth-order valence-corrected chi connectivity index (χ4v) is 14.8. The molecular weight excluding hydrogens is 1470 g/mol. The maximum Gasteiger partial charge on any atom is 0.186 e. The van der Waals surface area contributed by atoms with E-state index in [4.69, 9.17) is 28.4 Å². The summed E-state index contributed by atoms with van der Waals surface area (Å²) in [5.41, 5.74) is 9.48. The van der Waals surface area contributed by atoms with Gasteiger partial charge in [-0.05, 0) is 85.0 Å². The summed E-state index contributed by atoms with van der Waals surface area (Å²) in [6, 6.07) is 24.3. The molecule has 0 unspecified atom stereocenters. The Morgan fingerprint density at radius 2 is 0.384 bits per heavy atom. The van der Waals surface area contributed by atoms with Crippen LogP contribution < -0.4 is 28.4 Å². The average molecular weight is 1600 g/mol. The van der Waals surface area contributed by atoms with Crippen LogP contribution in [0.25, 0.3) is 0 Å². The summed E-state index contributed by atoms with van der Waals surface area (Å²) in [6.07, 6.45) is 40.0. The topological polar surface area (TPSA) is 124 Å². The fraction of sp³-hybridized carbons (Fsp3) is 0.571. The van der Waals surface area contributed by atoms with E-state index in [1.807, 2.05) is 60.7 Å². The van der Waals surface area contributed by atoms with Crippen LogP contribution in [-0.2, 0) is 42.2 Å². The zero-order valence-corrected chi connectivity index (χ0v) is 73.4. The van der Waals surface area contributed by atoms with Gasteiger partial charge in [-0.2, -0.15) is 0 Å². The zero-order valence-electron chi connectivity index (χ0n) is 70.2. The number of thioether (sulfide) groups is 4. The minimum atomic E-state index is 0.0385. The van der Waals surface area contributed by atoms with Gasteiger partial charge in [-0.25, -0.2) is 0 Å². The molecular formula is C98H134O10S4. The lowest BCUT2D eigenvalue weighted by molar-refractivity contribution is -0.109. The van der Waals surface area contributed by atoms with Crippen molar-refractivity contribution in [3.63, 3.8) is 0 Å². The van der Waals surface area contributed by atoms with Crippen molar-refractivity contribution in [2.45, 2.75) is 323 Å². The first kappa shape index (κ1) is 95.8. The lowest BCUT2D eigenvalue weighted by Crippen LogP contribution is -2.04. The maximum absolute atomic E-state index is 12.2. The molecule has 0 fully saturated rings. The first-order chi connectivity index (χ1) is 54.6. The Morgan fingerprint density at radius 3 is 0.554 bits per heavy atom. The van der Waals surface area contributed by atoms with E-state index in [0.29, 0.717) is 131 Å². The fourth-order valence-electron chi connectivity index (χ4n) is 12.7. The van der Waals surface area contributed by atoms with Gasteiger partial charge in [0.1, 0.15) is 34.5 Å². The Kier molecular flexibility index (Phi) is 51.9. The molecule has 0 saturated carbocycles. The van der Waals surface area contributed by atoms with Crippen LogP contribution in [0.1, 0.15) is 367 Å². The minimum absolute atomic E-state index is 0.0385.